The molecule has 0 aliphatic carbocycles. The second-order valence-corrected chi connectivity index (χ2v) is 8.18. The number of benzene rings is 2. The maximum atomic E-state index is 14.6. The highest BCUT2D eigenvalue weighted by Crippen LogP contribution is 2.35. The van der Waals surface area contributed by atoms with Crippen LogP contribution in [0.15, 0.2) is 47.4 Å². The lowest BCUT2D eigenvalue weighted by Crippen LogP contribution is -2.07. The number of sulfone groups is 1. The molecule has 0 aliphatic rings. The van der Waals surface area contributed by atoms with E-state index in [-0.39, 0.29) is 11.4 Å². The molecule has 3 aromatic rings. The predicted octanol–water partition coefficient (Wildman–Crippen LogP) is 4.55. The molecule has 3 rings (SSSR count). The van der Waals surface area contributed by atoms with Gasteiger partial charge < -0.3 is 0 Å². The molecule has 0 amide bonds. The van der Waals surface area contributed by atoms with Crippen LogP contribution in [0.1, 0.15) is 11.3 Å². The molecule has 0 saturated heterocycles. The van der Waals surface area contributed by atoms with Gasteiger partial charge in [-0.05, 0) is 42.8 Å². The Labute approximate surface area is 157 Å². The van der Waals surface area contributed by atoms with Crippen molar-refractivity contribution in [2.75, 3.05) is 6.26 Å². The lowest BCUT2D eigenvalue weighted by molar-refractivity contribution is -0.141. The topological polar surface area (TPSA) is 52.0 Å². The predicted molar refractivity (Wildman–Crippen MR) is 91.8 cm³/mol. The van der Waals surface area contributed by atoms with Crippen LogP contribution in [0.5, 0.6) is 0 Å². The minimum atomic E-state index is -4.81. The summed E-state index contributed by atoms with van der Waals surface area (Å²) in [6.45, 7) is 1.71. The van der Waals surface area contributed by atoms with Crippen molar-refractivity contribution in [3.63, 3.8) is 0 Å². The van der Waals surface area contributed by atoms with E-state index < -0.39 is 43.8 Å². The molecule has 0 N–H and O–H groups in total. The fraction of sp³-hybridized carbons (Fsp3) is 0.167. The summed E-state index contributed by atoms with van der Waals surface area (Å²) >= 11 is 0. The quantitative estimate of drug-likeness (QED) is 0.589. The van der Waals surface area contributed by atoms with Crippen LogP contribution in [-0.2, 0) is 16.0 Å². The van der Waals surface area contributed by atoms with Gasteiger partial charge in [-0.1, -0.05) is 12.1 Å². The summed E-state index contributed by atoms with van der Waals surface area (Å²) in [6, 6.07) is 7.85. The number of nitrogens with zero attached hydrogens (tertiary/aromatic N) is 2. The fourth-order valence-corrected chi connectivity index (χ4v) is 3.41. The van der Waals surface area contributed by atoms with Gasteiger partial charge in [0, 0.05) is 11.8 Å². The summed E-state index contributed by atoms with van der Waals surface area (Å²) in [4.78, 5) is -0.883. The summed E-state index contributed by atoms with van der Waals surface area (Å²) in [5, 5.41) is 3.50. The Morgan fingerprint density at radius 3 is 2.25 bits per heavy atom. The number of aryl methyl sites for hydroxylation is 1. The lowest BCUT2D eigenvalue weighted by atomic mass is 10.1. The van der Waals surface area contributed by atoms with Gasteiger partial charge in [0.2, 0.25) is 0 Å². The number of hydrogen-bond acceptors (Lipinski definition) is 3. The molecule has 0 saturated carbocycles. The molecule has 0 radical (unpaired) electrons. The Morgan fingerprint density at radius 1 is 1.00 bits per heavy atom. The van der Waals surface area contributed by atoms with Crippen molar-refractivity contribution in [2.24, 2.45) is 0 Å². The van der Waals surface area contributed by atoms with Gasteiger partial charge in [0.15, 0.2) is 15.5 Å². The molecular formula is C18H13F5N2O2S. The van der Waals surface area contributed by atoms with Crippen LogP contribution in [0, 0.1) is 18.6 Å². The van der Waals surface area contributed by atoms with Crippen LogP contribution in [0.3, 0.4) is 0 Å². The van der Waals surface area contributed by atoms with Crippen molar-refractivity contribution in [2.45, 2.75) is 18.0 Å². The Balaban J connectivity index is 2.30. The van der Waals surface area contributed by atoms with Gasteiger partial charge in [-0.2, -0.15) is 18.3 Å². The van der Waals surface area contributed by atoms with Crippen molar-refractivity contribution in [1.82, 2.24) is 9.78 Å². The molecule has 0 bridgehead atoms. The standard InChI is InChI=1S/C18H13F5N2O2S/c1-10-4-3-5-11(6-10)25-15(9-17(24-25)18(21,22)23)12-7-14(20)16(8-13(12)19)28(2,26)27/h3-9H,1-2H3. The number of hydrogen-bond donors (Lipinski definition) is 0. The number of rotatable bonds is 3. The highest BCUT2D eigenvalue weighted by Gasteiger charge is 2.36. The first-order valence-corrected chi connectivity index (χ1v) is 9.71. The second-order valence-electron chi connectivity index (χ2n) is 6.20. The minimum absolute atomic E-state index is 0.206. The third-order valence-electron chi connectivity index (χ3n) is 3.94. The first-order valence-electron chi connectivity index (χ1n) is 7.81. The molecule has 0 fully saturated rings. The Kier molecular flexibility index (Phi) is 4.78. The summed E-state index contributed by atoms with van der Waals surface area (Å²) in [5.41, 5.74) is -1.29. The van der Waals surface area contributed by atoms with Gasteiger partial charge in [0.05, 0.1) is 11.4 Å². The molecule has 2 aromatic carbocycles. The van der Waals surface area contributed by atoms with E-state index in [4.69, 9.17) is 0 Å². The average molecular weight is 416 g/mol. The van der Waals surface area contributed by atoms with Crippen LogP contribution in [-0.4, -0.2) is 24.5 Å². The van der Waals surface area contributed by atoms with E-state index in [0.717, 1.165) is 4.68 Å². The van der Waals surface area contributed by atoms with Crippen LogP contribution in [0.25, 0.3) is 16.9 Å². The van der Waals surface area contributed by atoms with Crippen LogP contribution < -0.4 is 0 Å². The van der Waals surface area contributed by atoms with E-state index >= 15 is 0 Å². The molecule has 4 nitrogen and oxygen atoms in total. The van der Waals surface area contributed by atoms with Gasteiger partial charge >= 0.3 is 6.18 Å². The van der Waals surface area contributed by atoms with Gasteiger partial charge in [0.25, 0.3) is 0 Å². The Hall–Kier alpha value is -2.75. The molecular weight excluding hydrogens is 403 g/mol. The van der Waals surface area contributed by atoms with Gasteiger partial charge in [-0.15, -0.1) is 0 Å². The second kappa shape index (κ2) is 6.69. The van der Waals surface area contributed by atoms with E-state index in [1.54, 1.807) is 19.1 Å². The molecule has 0 spiro atoms. The van der Waals surface area contributed by atoms with Crippen LogP contribution >= 0.6 is 0 Å². The number of aromatic nitrogens is 2. The summed E-state index contributed by atoms with van der Waals surface area (Å²) < 4.78 is 92.3. The molecule has 10 heteroatoms. The third-order valence-corrected chi connectivity index (χ3v) is 5.05. The molecule has 148 valence electrons. The zero-order valence-electron chi connectivity index (χ0n) is 14.6. The molecule has 1 aromatic heterocycles. The molecule has 0 unspecified atom stereocenters. The SMILES string of the molecule is Cc1cccc(-n2nc(C(F)(F)F)cc2-c2cc(F)c(S(C)(=O)=O)cc2F)c1. The molecule has 28 heavy (non-hydrogen) atoms. The number of halogens is 5. The minimum Gasteiger partial charge on any atom is -0.232 e. The van der Waals surface area contributed by atoms with Crippen LogP contribution in [0.4, 0.5) is 22.0 Å². The van der Waals surface area contributed by atoms with E-state index in [1.165, 1.54) is 12.1 Å². The van der Waals surface area contributed by atoms with Crippen molar-refractivity contribution in [3.8, 4) is 16.9 Å². The van der Waals surface area contributed by atoms with Crippen molar-refractivity contribution < 1.29 is 30.4 Å². The first kappa shape index (κ1) is 20.0. The van der Waals surface area contributed by atoms with Crippen molar-refractivity contribution >= 4 is 9.84 Å². The van der Waals surface area contributed by atoms with Crippen molar-refractivity contribution in [1.29, 1.82) is 0 Å². The normalized spacial score (nSPS) is 12.4. The maximum absolute atomic E-state index is 14.6. The molecule has 0 aliphatic heterocycles. The number of alkyl halides is 3. The van der Waals surface area contributed by atoms with Gasteiger partial charge in [-0.3, -0.25) is 0 Å². The highest BCUT2D eigenvalue weighted by molar-refractivity contribution is 7.90. The van der Waals surface area contributed by atoms with Crippen LogP contribution in [0.2, 0.25) is 0 Å². The highest BCUT2D eigenvalue weighted by atomic mass is 32.2. The van der Waals surface area contributed by atoms with E-state index in [9.17, 15) is 30.4 Å². The van der Waals surface area contributed by atoms with Gasteiger partial charge in [-0.25, -0.2) is 21.9 Å². The first-order chi connectivity index (χ1) is 12.9. The van der Waals surface area contributed by atoms with Crippen molar-refractivity contribution in [3.05, 3.63) is 65.4 Å². The lowest BCUT2D eigenvalue weighted by Gasteiger charge is -2.11. The van der Waals surface area contributed by atoms with Gasteiger partial charge in [0.1, 0.15) is 16.5 Å². The average Bonchev–Trinajstić information content (AvgIpc) is 3.01. The monoisotopic (exact) mass is 416 g/mol. The Morgan fingerprint density at radius 2 is 1.68 bits per heavy atom. The third kappa shape index (κ3) is 3.77. The zero-order valence-corrected chi connectivity index (χ0v) is 15.4. The smallest absolute Gasteiger partial charge is 0.232 e. The van der Waals surface area contributed by atoms with E-state index in [1.807, 2.05) is 0 Å². The summed E-state index contributed by atoms with van der Waals surface area (Å²) in [5.74, 6) is -2.46. The van der Waals surface area contributed by atoms with E-state index in [2.05, 4.69) is 5.10 Å². The Bertz CT molecular complexity index is 1170. The van der Waals surface area contributed by atoms with E-state index in [0.29, 0.717) is 30.0 Å². The maximum Gasteiger partial charge on any atom is 0.435 e. The summed E-state index contributed by atoms with van der Waals surface area (Å²) in [6.07, 6.45) is -4.12. The summed E-state index contributed by atoms with van der Waals surface area (Å²) in [7, 11) is -4.06. The molecule has 1 heterocycles. The zero-order chi connectivity index (χ0) is 20.9. The fourth-order valence-electron chi connectivity index (χ4n) is 2.68. The molecule has 0 atom stereocenters. The largest absolute Gasteiger partial charge is 0.435 e.